The van der Waals surface area contributed by atoms with Crippen LogP contribution in [0.4, 0.5) is 0 Å². The van der Waals surface area contributed by atoms with Crippen LogP contribution in [0.15, 0.2) is 18.3 Å². The van der Waals surface area contributed by atoms with Gasteiger partial charge in [-0.2, -0.15) is 0 Å². The minimum Gasteiger partial charge on any atom is -0.381 e. The van der Waals surface area contributed by atoms with Crippen LogP contribution < -0.4 is 5.32 Å². The molecule has 0 aromatic carbocycles. The monoisotopic (exact) mass is 234 g/mol. The molecule has 1 N–H and O–H groups in total. The summed E-state index contributed by atoms with van der Waals surface area (Å²) >= 11 is 0. The first-order chi connectivity index (χ1) is 8.20. The molecular weight excluding hydrogens is 212 g/mol. The summed E-state index contributed by atoms with van der Waals surface area (Å²) < 4.78 is 5.41. The van der Waals surface area contributed by atoms with Crippen LogP contribution >= 0.6 is 0 Å². The Hall–Kier alpha value is -0.930. The maximum atomic E-state index is 5.41. The van der Waals surface area contributed by atoms with Gasteiger partial charge in [0.2, 0.25) is 0 Å². The van der Waals surface area contributed by atoms with Crippen LogP contribution in [0.2, 0.25) is 0 Å². The number of pyridine rings is 1. The number of nitrogens with one attached hydrogen (secondary N) is 1. The second kappa shape index (κ2) is 5.61. The molecular formula is C14H22N2O. The fraction of sp³-hybridized carbons (Fsp3) is 0.643. The number of aryl methyl sites for hydroxylation is 1. The van der Waals surface area contributed by atoms with E-state index in [4.69, 9.17) is 4.74 Å². The van der Waals surface area contributed by atoms with Gasteiger partial charge in [0, 0.05) is 32.5 Å². The van der Waals surface area contributed by atoms with E-state index in [2.05, 4.69) is 30.2 Å². The van der Waals surface area contributed by atoms with E-state index in [9.17, 15) is 0 Å². The summed E-state index contributed by atoms with van der Waals surface area (Å²) in [7, 11) is 0. The van der Waals surface area contributed by atoms with Gasteiger partial charge in [0.25, 0.3) is 0 Å². The highest BCUT2D eigenvalue weighted by atomic mass is 16.5. The normalized spacial score (nSPS) is 19.2. The van der Waals surface area contributed by atoms with Crippen LogP contribution in [0.1, 0.15) is 31.0 Å². The molecule has 0 aliphatic carbocycles. The Bertz CT molecular complexity index is 359. The van der Waals surface area contributed by atoms with Gasteiger partial charge in [0.05, 0.1) is 5.69 Å². The minimum atomic E-state index is 0.390. The fourth-order valence-corrected chi connectivity index (χ4v) is 2.23. The number of hydrogen-bond donors (Lipinski definition) is 1. The number of rotatable bonds is 4. The van der Waals surface area contributed by atoms with Crippen molar-refractivity contribution in [1.82, 2.24) is 10.3 Å². The predicted molar refractivity (Wildman–Crippen MR) is 68.8 cm³/mol. The molecule has 2 rings (SSSR count). The van der Waals surface area contributed by atoms with Crippen LogP contribution in [-0.4, -0.2) is 24.7 Å². The van der Waals surface area contributed by atoms with Crippen molar-refractivity contribution in [2.45, 2.75) is 33.2 Å². The van der Waals surface area contributed by atoms with E-state index in [1.807, 2.05) is 12.3 Å². The summed E-state index contributed by atoms with van der Waals surface area (Å²) in [5.41, 5.74) is 2.81. The van der Waals surface area contributed by atoms with E-state index in [1.165, 1.54) is 5.56 Å². The van der Waals surface area contributed by atoms with E-state index >= 15 is 0 Å². The molecule has 1 aliphatic heterocycles. The molecule has 0 unspecified atom stereocenters. The number of aromatic nitrogens is 1. The molecule has 0 amide bonds. The number of hydrogen-bond acceptors (Lipinski definition) is 3. The molecule has 1 fully saturated rings. The molecule has 3 nitrogen and oxygen atoms in total. The van der Waals surface area contributed by atoms with Gasteiger partial charge < -0.3 is 10.1 Å². The first-order valence-electron chi connectivity index (χ1n) is 6.39. The van der Waals surface area contributed by atoms with E-state index < -0.39 is 0 Å². The highest BCUT2D eigenvalue weighted by molar-refractivity contribution is 5.17. The van der Waals surface area contributed by atoms with Crippen molar-refractivity contribution in [2.75, 3.05) is 19.8 Å². The maximum Gasteiger partial charge on any atom is 0.0570 e. The van der Waals surface area contributed by atoms with Gasteiger partial charge in [-0.05, 0) is 36.8 Å². The SMILES string of the molecule is Cc1cccnc1CNCC1(C)CCOCC1. The topological polar surface area (TPSA) is 34.2 Å². The van der Waals surface area contributed by atoms with Crippen molar-refractivity contribution in [3.8, 4) is 0 Å². The second-order valence-corrected chi connectivity index (χ2v) is 5.29. The zero-order valence-corrected chi connectivity index (χ0v) is 10.8. The van der Waals surface area contributed by atoms with Crippen molar-refractivity contribution in [3.05, 3.63) is 29.6 Å². The van der Waals surface area contributed by atoms with E-state index in [0.717, 1.165) is 44.8 Å². The van der Waals surface area contributed by atoms with Crippen molar-refractivity contribution in [3.63, 3.8) is 0 Å². The minimum absolute atomic E-state index is 0.390. The van der Waals surface area contributed by atoms with Crippen molar-refractivity contribution < 1.29 is 4.74 Å². The average molecular weight is 234 g/mol. The molecule has 17 heavy (non-hydrogen) atoms. The zero-order chi connectivity index (χ0) is 12.1. The lowest BCUT2D eigenvalue weighted by molar-refractivity contribution is 0.0239. The Morgan fingerprint density at radius 1 is 1.41 bits per heavy atom. The van der Waals surface area contributed by atoms with Gasteiger partial charge in [-0.3, -0.25) is 4.98 Å². The van der Waals surface area contributed by atoms with Crippen molar-refractivity contribution >= 4 is 0 Å². The van der Waals surface area contributed by atoms with Crippen LogP contribution in [0.3, 0.4) is 0 Å². The Morgan fingerprint density at radius 3 is 2.88 bits per heavy atom. The Morgan fingerprint density at radius 2 is 2.18 bits per heavy atom. The summed E-state index contributed by atoms with van der Waals surface area (Å²) in [4.78, 5) is 4.40. The third-order valence-corrected chi connectivity index (χ3v) is 3.66. The van der Waals surface area contributed by atoms with Gasteiger partial charge in [-0.25, -0.2) is 0 Å². The van der Waals surface area contributed by atoms with Crippen molar-refractivity contribution in [1.29, 1.82) is 0 Å². The Balaban J connectivity index is 1.81. The van der Waals surface area contributed by atoms with Crippen molar-refractivity contribution in [2.24, 2.45) is 5.41 Å². The van der Waals surface area contributed by atoms with Crippen LogP contribution in [0.25, 0.3) is 0 Å². The molecule has 3 heteroatoms. The number of ether oxygens (including phenoxy) is 1. The predicted octanol–water partition coefficient (Wildman–Crippen LogP) is 2.30. The van der Waals surface area contributed by atoms with Gasteiger partial charge in [0.15, 0.2) is 0 Å². The lowest BCUT2D eigenvalue weighted by Gasteiger charge is -2.33. The summed E-state index contributed by atoms with van der Waals surface area (Å²) in [6, 6.07) is 4.10. The largest absolute Gasteiger partial charge is 0.381 e. The molecule has 0 spiro atoms. The van der Waals surface area contributed by atoms with E-state index in [1.54, 1.807) is 0 Å². The smallest absolute Gasteiger partial charge is 0.0570 e. The Labute approximate surface area is 104 Å². The Kier molecular flexibility index (Phi) is 4.13. The molecule has 0 atom stereocenters. The quantitative estimate of drug-likeness (QED) is 0.868. The molecule has 0 radical (unpaired) electrons. The molecule has 0 saturated carbocycles. The lowest BCUT2D eigenvalue weighted by atomic mass is 9.82. The molecule has 1 aromatic rings. The van der Waals surface area contributed by atoms with E-state index in [-0.39, 0.29) is 0 Å². The number of nitrogens with zero attached hydrogens (tertiary/aromatic N) is 1. The van der Waals surface area contributed by atoms with Crippen LogP contribution in [0.5, 0.6) is 0 Å². The lowest BCUT2D eigenvalue weighted by Crippen LogP contribution is -2.36. The summed E-state index contributed by atoms with van der Waals surface area (Å²) in [5.74, 6) is 0. The average Bonchev–Trinajstić information content (AvgIpc) is 2.32. The molecule has 94 valence electrons. The molecule has 1 saturated heterocycles. The van der Waals surface area contributed by atoms with Crippen LogP contribution in [0, 0.1) is 12.3 Å². The zero-order valence-electron chi connectivity index (χ0n) is 10.8. The van der Waals surface area contributed by atoms with Gasteiger partial charge in [-0.1, -0.05) is 13.0 Å². The maximum absolute atomic E-state index is 5.41. The second-order valence-electron chi connectivity index (χ2n) is 5.29. The van der Waals surface area contributed by atoms with Gasteiger partial charge in [-0.15, -0.1) is 0 Å². The third kappa shape index (κ3) is 3.51. The molecule has 1 aliphatic rings. The first-order valence-corrected chi connectivity index (χ1v) is 6.39. The fourth-order valence-electron chi connectivity index (χ4n) is 2.23. The standard InChI is InChI=1S/C14H22N2O/c1-12-4-3-7-16-13(12)10-15-11-14(2)5-8-17-9-6-14/h3-4,7,15H,5-6,8-11H2,1-2H3. The highest BCUT2D eigenvalue weighted by Crippen LogP contribution is 2.28. The van der Waals surface area contributed by atoms with Gasteiger partial charge >= 0.3 is 0 Å². The highest BCUT2D eigenvalue weighted by Gasteiger charge is 2.26. The summed E-state index contributed by atoms with van der Waals surface area (Å²) in [5, 5.41) is 3.53. The van der Waals surface area contributed by atoms with Gasteiger partial charge in [0.1, 0.15) is 0 Å². The van der Waals surface area contributed by atoms with Crippen LogP contribution in [-0.2, 0) is 11.3 Å². The first kappa shape index (κ1) is 12.5. The molecule has 2 heterocycles. The molecule has 0 bridgehead atoms. The van der Waals surface area contributed by atoms with E-state index in [0.29, 0.717) is 5.41 Å². The third-order valence-electron chi connectivity index (χ3n) is 3.66. The summed E-state index contributed by atoms with van der Waals surface area (Å²) in [6.45, 7) is 8.17. The summed E-state index contributed by atoms with van der Waals surface area (Å²) in [6.07, 6.45) is 4.17. The molecule has 1 aromatic heterocycles.